The van der Waals surface area contributed by atoms with Crippen LogP contribution in [0.2, 0.25) is 0 Å². The third kappa shape index (κ3) is 32.7. The third-order valence-corrected chi connectivity index (χ3v) is 2.14. The van der Waals surface area contributed by atoms with Crippen LogP contribution < -0.4 is 0 Å². The molecule has 0 aliphatic rings. The van der Waals surface area contributed by atoms with Gasteiger partial charge in [-0.3, -0.25) is 4.79 Å². The molecule has 2 unspecified atom stereocenters. The molecule has 5 nitrogen and oxygen atoms in total. The summed E-state index contributed by atoms with van der Waals surface area (Å²) in [6.07, 6.45) is 0.106. The highest BCUT2D eigenvalue weighted by Crippen LogP contribution is 1.94. The van der Waals surface area contributed by atoms with Crippen LogP contribution >= 0.6 is 0 Å². The molecule has 3 N–H and O–H groups in total. The zero-order valence-corrected chi connectivity index (χ0v) is 13.6. The Morgan fingerprint density at radius 3 is 1.38 bits per heavy atom. The predicted molar refractivity (Wildman–Crippen MR) is 92.3 cm³/mol. The van der Waals surface area contributed by atoms with Crippen molar-refractivity contribution in [1.82, 2.24) is 4.90 Å². The maximum absolute atomic E-state index is 10.4. The second kappa shape index (κ2) is 21.6. The molecule has 0 aromatic rings. The number of hydrogen-bond acceptors (Lipinski definition) is 4. The Morgan fingerprint density at radius 2 is 1.38 bits per heavy atom. The van der Waals surface area contributed by atoms with Gasteiger partial charge < -0.3 is 20.2 Å². The zero-order chi connectivity index (χ0) is 16.0. The lowest BCUT2D eigenvalue weighted by Gasteiger charge is -2.08. The summed E-state index contributed by atoms with van der Waals surface area (Å²) in [5.74, 6) is 0.620. The number of rotatable bonds is 4. The second-order valence-corrected chi connectivity index (χ2v) is 4.93. The lowest BCUT2D eigenvalue weighted by molar-refractivity contribution is -0.128. The number of carbonyl (C=O) groups is 1. The first kappa shape index (κ1) is 32.3. The number of aliphatic hydroxyl groups excluding tert-OH is 3. The van der Waals surface area contributed by atoms with Crippen LogP contribution in [0.15, 0.2) is 0 Å². The van der Waals surface area contributed by atoms with E-state index in [4.69, 9.17) is 15.3 Å². The Kier molecular flexibility index (Phi) is 33.3. The average Bonchev–Trinajstić information content (AvgIpc) is 2.37. The smallest absolute Gasteiger partial charge is 0.221 e. The Hall–Kier alpha value is -0.650. The molecule has 0 heterocycles. The molecule has 0 aliphatic carbocycles. The fraction of sp³-hybridized carbons (Fsp3) is 0.938. The van der Waals surface area contributed by atoms with Crippen molar-refractivity contribution in [3.8, 4) is 0 Å². The summed E-state index contributed by atoms with van der Waals surface area (Å²) < 4.78 is 0. The van der Waals surface area contributed by atoms with Gasteiger partial charge in [0.05, 0.1) is 12.2 Å². The first-order chi connectivity index (χ1) is 8.63. The van der Waals surface area contributed by atoms with Crippen LogP contribution in [0.1, 0.15) is 62.3 Å². The topological polar surface area (TPSA) is 81.0 Å². The van der Waals surface area contributed by atoms with Crippen LogP contribution in [0.25, 0.3) is 0 Å². The largest absolute Gasteiger partial charge is 0.396 e. The van der Waals surface area contributed by atoms with Gasteiger partial charge in [-0.25, -0.2) is 0 Å². The minimum atomic E-state index is -0.579. The molecule has 0 aliphatic heterocycles. The molecule has 0 saturated carbocycles. The molecular formula is C16H41NO4. The van der Waals surface area contributed by atoms with E-state index < -0.39 is 12.2 Å². The average molecular weight is 312 g/mol. The van der Waals surface area contributed by atoms with Gasteiger partial charge >= 0.3 is 0 Å². The summed E-state index contributed by atoms with van der Waals surface area (Å²) >= 11 is 0. The molecular weight excluding hydrogens is 270 g/mol. The molecule has 0 spiro atoms. The van der Waals surface area contributed by atoms with Gasteiger partial charge in [-0.15, -0.1) is 0 Å². The van der Waals surface area contributed by atoms with Crippen LogP contribution in [0, 0.1) is 5.92 Å². The molecule has 0 rings (SSSR count). The highest BCUT2D eigenvalue weighted by Gasteiger charge is 2.05. The van der Waals surface area contributed by atoms with Gasteiger partial charge in [0, 0.05) is 27.1 Å². The first-order valence-electron chi connectivity index (χ1n) is 6.80. The molecule has 0 saturated heterocycles. The lowest BCUT2D eigenvalue weighted by Crippen LogP contribution is -2.20. The number of nitrogens with zero attached hydrogens (tertiary/aromatic N) is 1. The van der Waals surface area contributed by atoms with E-state index in [-0.39, 0.29) is 20.8 Å². The third-order valence-electron chi connectivity index (χ3n) is 2.14. The van der Waals surface area contributed by atoms with Gasteiger partial charge in [0.2, 0.25) is 5.91 Å². The van der Waals surface area contributed by atoms with Crippen LogP contribution in [0.3, 0.4) is 0 Å². The summed E-state index contributed by atoms with van der Waals surface area (Å²) in [6, 6.07) is 0. The highest BCUT2D eigenvalue weighted by molar-refractivity contribution is 5.75. The van der Waals surface area contributed by atoms with Crippen LogP contribution in [0.4, 0.5) is 0 Å². The summed E-state index contributed by atoms with van der Waals surface area (Å²) in [4.78, 5) is 12.0. The SMILES string of the molecule is C.C.CC(C)CO.CCC(=O)N(C)C.CCC(O)C(C)O. The minimum absolute atomic E-state index is 0. The predicted octanol–water partition coefficient (Wildman–Crippen LogP) is 2.53. The molecule has 1 amide bonds. The van der Waals surface area contributed by atoms with Gasteiger partial charge in [-0.2, -0.15) is 0 Å². The molecule has 21 heavy (non-hydrogen) atoms. The summed E-state index contributed by atoms with van der Waals surface area (Å²) in [7, 11) is 3.51. The van der Waals surface area contributed by atoms with Gasteiger partial charge in [-0.1, -0.05) is 42.5 Å². The molecule has 2 atom stereocenters. The van der Waals surface area contributed by atoms with Crippen molar-refractivity contribution in [2.45, 2.75) is 74.5 Å². The summed E-state index contributed by atoms with van der Waals surface area (Å²) in [6.45, 7) is 9.51. The molecule has 0 radical (unpaired) electrons. The van der Waals surface area contributed by atoms with Crippen molar-refractivity contribution < 1.29 is 20.1 Å². The zero-order valence-electron chi connectivity index (χ0n) is 13.6. The number of amides is 1. The van der Waals surface area contributed by atoms with E-state index >= 15 is 0 Å². The maximum Gasteiger partial charge on any atom is 0.221 e. The molecule has 0 aromatic carbocycles. The first-order valence-corrected chi connectivity index (χ1v) is 6.80. The summed E-state index contributed by atoms with van der Waals surface area (Å²) in [5.41, 5.74) is 0. The van der Waals surface area contributed by atoms with Gasteiger partial charge in [0.25, 0.3) is 0 Å². The van der Waals surface area contributed by atoms with E-state index in [2.05, 4.69) is 0 Å². The molecule has 0 bridgehead atoms. The Balaban J connectivity index is -0.0000000590. The standard InChI is InChI=1S/C5H11NO.C5H12O2.C4H10O.2CH4/c1-4-5(7)6(2)3;1-3-5(7)4(2)6;1-4(2)3-5;;/h4H2,1-3H3;4-7H,3H2,1-2H3;4-5H,3H2,1-2H3;2*1H4. The van der Waals surface area contributed by atoms with Gasteiger partial charge in [0.15, 0.2) is 0 Å². The fourth-order valence-corrected chi connectivity index (χ4v) is 0.657. The second-order valence-electron chi connectivity index (χ2n) is 4.93. The van der Waals surface area contributed by atoms with Crippen molar-refractivity contribution in [2.24, 2.45) is 5.92 Å². The molecule has 134 valence electrons. The van der Waals surface area contributed by atoms with Gasteiger partial charge in [-0.05, 0) is 19.3 Å². The van der Waals surface area contributed by atoms with E-state index in [1.54, 1.807) is 25.9 Å². The minimum Gasteiger partial charge on any atom is -0.396 e. The van der Waals surface area contributed by atoms with Crippen LogP contribution in [-0.4, -0.2) is 59.0 Å². The fourth-order valence-electron chi connectivity index (χ4n) is 0.657. The van der Waals surface area contributed by atoms with E-state index in [9.17, 15) is 4.79 Å². The van der Waals surface area contributed by atoms with Crippen molar-refractivity contribution in [3.63, 3.8) is 0 Å². The normalized spacial score (nSPS) is 11.4. The van der Waals surface area contributed by atoms with Gasteiger partial charge in [0.1, 0.15) is 0 Å². The van der Waals surface area contributed by atoms with Crippen LogP contribution in [-0.2, 0) is 4.79 Å². The Morgan fingerprint density at radius 1 is 1.05 bits per heavy atom. The van der Waals surface area contributed by atoms with Crippen LogP contribution in [0.5, 0.6) is 0 Å². The number of hydrogen-bond donors (Lipinski definition) is 3. The van der Waals surface area contributed by atoms with Crippen molar-refractivity contribution in [3.05, 3.63) is 0 Å². The Bertz CT molecular complexity index is 195. The molecule has 5 heteroatoms. The highest BCUT2D eigenvalue weighted by atomic mass is 16.3. The molecule has 0 fully saturated rings. The van der Waals surface area contributed by atoms with E-state index in [0.717, 1.165) is 0 Å². The lowest BCUT2D eigenvalue weighted by atomic mass is 10.2. The summed E-state index contributed by atoms with van der Waals surface area (Å²) in [5, 5.41) is 25.4. The Labute approximate surface area is 133 Å². The molecule has 0 aromatic heterocycles. The van der Waals surface area contributed by atoms with Crippen molar-refractivity contribution in [1.29, 1.82) is 0 Å². The number of aliphatic hydroxyl groups is 3. The quantitative estimate of drug-likeness (QED) is 0.745. The van der Waals surface area contributed by atoms with Crippen molar-refractivity contribution >= 4 is 5.91 Å². The monoisotopic (exact) mass is 311 g/mol. The van der Waals surface area contributed by atoms with E-state index in [1.807, 2.05) is 27.7 Å². The van der Waals surface area contributed by atoms with E-state index in [0.29, 0.717) is 25.4 Å². The number of carbonyl (C=O) groups excluding carboxylic acids is 1. The van der Waals surface area contributed by atoms with E-state index in [1.165, 1.54) is 0 Å². The maximum atomic E-state index is 10.4. The van der Waals surface area contributed by atoms with Crippen molar-refractivity contribution in [2.75, 3.05) is 20.7 Å².